The van der Waals surface area contributed by atoms with Crippen LogP contribution in [0.3, 0.4) is 0 Å². The molecule has 0 bridgehead atoms. The van der Waals surface area contributed by atoms with Crippen molar-refractivity contribution in [2.24, 2.45) is 0 Å². The van der Waals surface area contributed by atoms with E-state index in [9.17, 15) is 9.59 Å². The number of esters is 1. The number of benzene rings is 2. The smallest absolute Gasteiger partial charge is 0.338 e. The molecule has 1 N–H and O–H groups in total. The fraction of sp³-hybridized carbons (Fsp3) is 0.263. The zero-order valence-corrected chi connectivity index (χ0v) is 14.3. The number of aryl methyl sites for hydroxylation is 2. The lowest BCUT2D eigenvalue weighted by atomic mass is 10.1. The summed E-state index contributed by atoms with van der Waals surface area (Å²) in [6.45, 7) is 5.34. The average Bonchev–Trinajstić information content (AvgIpc) is 2.54. The first-order valence-electron chi connectivity index (χ1n) is 7.64. The van der Waals surface area contributed by atoms with Crippen LogP contribution in [0.25, 0.3) is 0 Å². The summed E-state index contributed by atoms with van der Waals surface area (Å²) >= 11 is 0. The molecule has 1 atom stereocenters. The highest BCUT2D eigenvalue weighted by molar-refractivity contribution is 5.98. The van der Waals surface area contributed by atoms with Gasteiger partial charge in [0, 0.05) is 0 Å². The predicted molar refractivity (Wildman–Crippen MR) is 92.4 cm³/mol. The standard InChI is InChI=1S/C19H21NO4/c1-12-9-13(2)11-15(10-12)19(22)24-14(3)18(21)20-16-7-5-6-8-17(16)23-4/h5-11,14H,1-4H3,(H,20,21)/t14-/m1/s1. The number of hydrogen-bond acceptors (Lipinski definition) is 4. The van der Waals surface area contributed by atoms with Crippen molar-refractivity contribution < 1.29 is 19.1 Å². The molecule has 0 aliphatic carbocycles. The number of ether oxygens (including phenoxy) is 2. The molecule has 0 heterocycles. The highest BCUT2D eigenvalue weighted by atomic mass is 16.5. The molecule has 0 aliphatic heterocycles. The summed E-state index contributed by atoms with van der Waals surface area (Å²) in [7, 11) is 1.52. The van der Waals surface area contributed by atoms with Crippen molar-refractivity contribution in [3.05, 3.63) is 59.2 Å². The third-order valence-corrected chi connectivity index (χ3v) is 3.48. The minimum atomic E-state index is -0.928. The molecule has 1 amide bonds. The predicted octanol–water partition coefficient (Wildman–Crippen LogP) is 3.50. The molecule has 2 rings (SSSR count). The van der Waals surface area contributed by atoms with Crippen molar-refractivity contribution in [1.29, 1.82) is 0 Å². The van der Waals surface area contributed by atoms with Gasteiger partial charge >= 0.3 is 5.97 Å². The van der Waals surface area contributed by atoms with Gasteiger partial charge < -0.3 is 14.8 Å². The van der Waals surface area contributed by atoms with E-state index in [2.05, 4.69) is 5.32 Å². The minimum Gasteiger partial charge on any atom is -0.495 e. The Bertz CT molecular complexity index is 735. The Morgan fingerprint density at radius 1 is 1.04 bits per heavy atom. The van der Waals surface area contributed by atoms with Crippen molar-refractivity contribution in [2.75, 3.05) is 12.4 Å². The second kappa shape index (κ2) is 7.64. The van der Waals surface area contributed by atoms with Crippen LogP contribution in [0.4, 0.5) is 5.69 Å². The molecule has 0 spiro atoms. The number of para-hydroxylation sites is 2. The SMILES string of the molecule is COc1ccccc1NC(=O)[C@@H](C)OC(=O)c1cc(C)cc(C)c1. The van der Waals surface area contributed by atoms with E-state index in [1.165, 1.54) is 14.0 Å². The molecule has 0 aliphatic rings. The summed E-state index contributed by atoms with van der Waals surface area (Å²) in [5, 5.41) is 2.70. The summed E-state index contributed by atoms with van der Waals surface area (Å²) in [5.41, 5.74) is 2.89. The highest BCUT2D eigenvalue weighted by Crippen LogP contribution is 2.23. The monoisotopic (exact) mass is 327 g/mol. The van der Waals surface area contributed by atoms with Crippen LogP contribution >= 0.6 is 0 Å². The maximum atomic E-state index is 12.2. The van der Waals surface area contributed by atoms with Crippen LogP contribution in [-0.4, -0.2) is 25.1 Å². The molecule has 0 aromatic heterocycles. The van der Waals surface area contributed by atoms with Crippen molar-refractivity contribution in [1.82, 2.24) is 0 Å². The Morgan fingerprint density at radius 2 is 1.67 bits per heavy atom. The molecule has 2 aromatic carbocycles. The molecule has 5 heteroatoms. The van der Waals surface area contributed by atoms with E-state index in [4.69, 9.17) is 9.47 Å². The number of anilines is 1. The molecule has 24 heavy (non-hydrogen) atoms. The van der Waals surface area contributed by atoms with Crippen molar-refractivity contribution in [3.8, 4) is 5.75 Å². The lowest BCUT2D eigenvalue weighted by Gasteiger charge is -2.15. The molecule has 0 saturated carbocycles. The Balaban J connectivity index is 2.04. The number of methoxy groups -OCH3 is 1. The first-order chi connectivity index (χ1) is 11.4. The molecular weight excluding hydrogens is 306 g/mol. The third kappa shape index (κ3) is 4.35. The second-order valence-electron chi connectivity index (χ2n) is 5.61. The molecule has 0 radical (unpaired) electrons. The first kappa shape index (κ1) is 17.5. The summed E-state index contributed by atoms with van der Waals surface area (Å²) in [6.07, 6.45) is -0.928. The Morgan fingerprint density at radius 3 is 2.29 bits per heavy atom. The van der Waals surface area contributed by atoms with E-state index in [1.807, 2.05) is 19.9 Å². The van der Waals surface area contributed by atoms with Crippen LogP contribution < -0.4 is 10.1 Å². The van der Waals surface area contributed by atoms with Crippen LogP contribution in [-0.2, 0) is 9.53 Å². The largest absolute Gasteiger partial charge is 0.495 e. The van der Waals surface area contributed by atoms with Gasteiger partial charge in [0.2, 0.25) is 0 Å². The van der Waals surface area contributed by atoms with Gasteiger partial charge in [0.25, 0.3) is 5.91 Å². The molecule has 2 aromatic rings. The Labute approximate surface area is 141 Å². The van der Waals surface area contributed by atoms with Gasteiger partial charge in [-0.05, 0) is 45.0 Å². The van der Waals surface area contributed by atoms with Crippen molar-refractivity contribution in [3.63, 3.8) is 0 Å². The van der Waals surface area contributed by atoms with Gasteiger partial charge in [0.1, 0.15) is 5.75 Å². The lowest BCUT2D eigenvalue weighted by Crippen LogP contribution is -2.30. The van der Waals surface area contributed by atoms with Gasteiger partial charge in [0.15, 0.2) is 6.10 Å². The van der Waals surface area contributed by atoms with Gasteiger partial charge in [-0.15, -0.1) is 0 Å². The maximum Gasteiger partial charge on any atom is 0.338 e. The van der Waals surface area contributed by atoms with E-state index in [1.54, 1.807) is 36.4 Å². The van der Waals surface area contributed by atoms with Gasteiger partial charge in [-0.1, -0.05) is 29.3 Å². The van der Waals surface area contributed by atoms with Gasteiger partial charge in [0.05, 0.1) is 18.4 Å². The summed E-state index contributed by atoms with van der Waals surface area (Å²) in [4.78, 5) is 24.4. The number of carbonyl (C=O) groups is 2. The topological polar surface area (TPSA) is 64.6 Å². The van der Waals surface area contributed by atoms with Crippen LogP contribution in [0.15, 0.2) is 42.5 Å². The summed E-state index contributed by atoms with van der Waals surface area (Å²) < 4.78 is 10.4. The normalized spacial score (nSPS) is 11.5. The molecular formula is C19H21NO4. The molecule has 5 nitrogen and oxygen atoms in total. The maximum absolute atomic E-state index is 12.2. The van der Waals surface area contributed by atoms with Gasteiger partial charge in [-0.2, -0.15) is 0 Å². The second-order valence-corrected chi connectivity index (χ2v) is 5.61. The number of nitrogens with one attached hydrogen (secondary N) is 1. The van der Waals surface area contributed by atoms with Crippen molar-refractivity contribution in [2.45, 2.75) is 26.9 Å². The third-order valence-electron chi connectivity index (χ3n) is 3.48. The lowest BCUT2D eigenvalue weighted by molar-refractivity contribution is -0.123. The van der Waals surface area contributed by atoms with E-state index in [-0.39, 0.29) is 0 Å². The molecule has 126 valence electrons. The highest BCUT2D eigenvalue weighted by Gasteiger charge is 2.20. The number of rotatable bonds is 5. The Hall–Kier alpha value is -2.82. The van der Waals surface area contributed by atoms with Crippen LogP contribution in [0, 0.1) is 13.8 Å². The minimum absolute atomic E-state index is 0.419. The van der Waals surface area contributed by atoms with Crippen LogP contribution in [0.2, 0.25) is 0 Å². The summed E-state index contributed by atoms with van der Waals surface area (Å²) in [5.74, 6) is -0.402. The van der Waals surface area contributed by atoms with Gasteiger partial charge in [-0.3, -0.25) is 4.79 Å². The van der Waals surface area contributed by atoms with E-state index in [0.29, 0.717) is 17.0 Å². The van der Waals surface area contributed by atoms with Gasteiger partial charge in [-0.25, -0.2) is 4.79 Å². The average molecular weight is 327 g/mol. The zero-order chi connectivity index (χ0) is 17.7. The van der Waals surface area contributed by atoms with E-state index in [0.717, 1.165) is 11.1 Å². The summed E-state index contributed by atoms with van der Waals surface area (Å²) in [6, 6.07) is 12.5. The number of hydrogen-bond donors (Lipinski definition) is 1. The van der Waals surface area contributed by atoms with Crippen LogP contribution in [0.5, 0.6) is 5.75 Å². The molecule has 0 unspecified atom stereocenters. The van der Waals surface area contributed by atoms with Crippen LogP contribution in [0.1, 0.15) is 28.4 Å². The fourth-order valence-corrected chi connectivity index (χ4v) is 2.36. The molecule has 0 saturated heterocycles. The van der Waals surface area contributed by atoms with Crippen molar-refractivity contribution >= 4 is 17.6 Å². The molecule has 0 fully saturated rings. The number of amides is 1. The first-order valence-corrected chi connectivity index (χ1v) is 7.64. The Kier molecular flexibility index (Phi) is 5.58. The van der Waals surface area contributed by atoms with E-state index < -0.39 is 18.0 Å². The zero-order valence-electron chi connectivity index (χ0n) is 14.3. The number of carbonyl (C=O) groups excluding carboxylic acids is 2. The van der Waals surface area contributed by atoms with E-state index >= 15 is 0 Å². The quantitative estimate of drug-likeness (QED) is 0.854. The fourth-order valence-electron chi connectivity index (χ4n) is 2.36.